The predicted octanol–water partition coefficient (Wildman–Crippen LogP) is 2.94. The Morgan fingerprint density at radius 1 is 1.12 bits per heavy atom. The van der Waals surface area contributed by atoms with Crippen molar-refractivity contribution in [2.75, 3.05) is 31.6 Å². The molecule has 1 saturated heterocycles. The lowest BCUT2D eigenvalue weighted by Gasteiger charge is -2.16. The fourth-order valence-electron chi connectivity index (χ4n) is 4.28. The number of benzene rings is 2. The average Bonchev–Trinajstić information content (AvgIpc) is 3.33. The molecule has 34 heavy (non-hydrogen) atoms. The lowest BCUT2D eigenvalue weighted by Crippen LogP contribution is -2.28. The summed E-state index contributed by atoms with van der Waals surface area (Å²) in [4.78, 5) is 27.2. The minimum absolute atomic E-state index is 0.0178. The van der Waals surface area contributed by atoms with Crippen LogP contribution in [-0.2, 0) is 4.79 Å². The van der Waals surface area contributed by atoms with Crippen molar-refractivity contribution in [2.24, 2.45) is 16.2 Å². The lowest BCUT2D eigenvalue weighted by molar-refractivity contribution is -0.117. The molecule has 4 rings (SSSR count). The van der Waals surface area contributed by atoms with Crippen molar-refractivity contribution in [3.63, 3.8) is 0 Å². The van der Waals surface area contributed by atoms with Gasteiger partial charge in [-0.2, -0.15) is 0 Å². The van der Waals surface area contributed by atoms with Crippen LogP contribution in [0, 0.1) is 0 Å². The van der Waals surface area contributed by atoms with Crippen molar-refractivity contribution in [3.05, 3.63) is 59.2 Å². The first-order chi connectivity index (χ1) is 16.6. The molecule has 0 aromatic heterocycles. The second-order valence-corrected chi connectivity index (χ2v) is 8.48. The Bertz CT molecular complexity index is 1090. The number of hydrogen-bond acceptors (Lipinski definition) is 6. The van der Waals surface area contributed by atoms with Crippen LogP contribution in [0.15, 0.2) is 58.4 Å². The van der Waals surface area contributed by atoms with Crippen LogP contribution in [0.4, 0.5) is 5.69 Å². The van der Waals surface area contributed by atoms with Gasteiger partial charge in [0.2, 0.25) is 5.91 Å². The van der Waals surface area contributed by atoms with Gasteiger partial charge in [-0.15, -0.1) is 5.11 Å². The van der Waals surface area contributed by atoms with Gasteiger partial charge in [-0.05, 0) is 60.2 Å². The lowest BCUT2D eigenvalue weighted by atomic mass is 10.00. The molecular formula is C25H30N6O3. The van der Waals surface area contributed by atoms with E-state index in [0.717, 1.165) is 48.3 Å². The number of hydrogen-bond donors (Lipinski definition) is 4. The van der Waals surface area contributed by atoms with Crippen molar-refractivity contribution in [2.45, 2.75) is 31.8 Å². The van der Waals surface area contributed by atoms with Crippen molar-refractivity contribution in [1.82, 2.24) is 10.2 Å². The van der Waals surface area contributed by atoms with Gasteiger partial charge >= 0.3 is 0 Å². The number of aliphatic hydroxyl groups excluding tert-OH is 1. The maximum Gasteiger partial charge on any atom is 0.253 e. The molecule has 2 aromatic carbocycles. The van der Waals surface area contributed by atoms with E-state index in [-0.39, 0.29) is 18.4 Å². The summed E-state index contributed by atoms with van der Waals surface area (Å²) in [6.07, 6.45) is 4.30. The molecule has 2 amide bonds. The minimum Gasteiger partial charge on any atom is -0.396 e. The van der Waals surface area contributed by atoms with E-state index in [1.54, 1.807) is 0 Å². The summed E-state index contributed by atoms with van der Waals surface area (Å²) in [5, 5.41) is 22.5. The predicted molar refractivity (Wildman–Crippen MR) is 131 cm³/mol. The van der Waals surface area contributed by atoms with Crippen molar-refractivity contribution < 1.29 is 14.7 Å². The Labute approximate surface area is 198 Å². The molecule has 1 unspecified atom stereocenters. The second kappa shape index (κ2) is 10.9. The molecular weight excluding hydrogens is 432 g/mol. The summed E-state index contributed by atoms with van der Waals surface area (Å²) in [6, 6.07) is 13.6. The highest BCUT2D eigenvalue weighted by Gasteiger charge is 2.22. The zero-order valence-electron chi connectivity index (χ0n) is 19.0. The van der Waals surface area contributed by atoms with E-state index in [9.17, 15) is 9.59 Å². The van der Waals surface area contributed by atoms with Gasteiger partial charge in [-0.1, -0.05) is 29.5 Å². The zero-order valence-corrected chi connectivity index (χ0v) is 19.0. The van der Waals surface area contributed by atoms with Gasteiger partial charge in [0.15, 0.2) is 0 Å². The maximum atomic E-state index is 12.6. The highest BCUT2D eigenvalue weighted by Crippen LogP contribution is 2.32. The number of amides is 2. The van der Waals surface area contributed by atoms with Crippen LogP contribution in [0.1, 0.15) is 41.6 Å². The molecule has 2 heterocycles. The number of rotatable bonds is 7. The normalized spacial score (nSPS) is 17.6. The summed E-state index contributed by atoms with van der Waals surface area (Å²) in [5.74, 6) is 5.17. The first-order valence-electron chi connectivity index (χ1n) is 11.6. The number of anilines is 1. The molecule has 0 saturated carbocycles. The van der Waals surface area contributed by atoms with E-state index in [4.69, 9.17) is 10.9 Å². The number of likely N-dealkylation sites (tertiary alicyclic amines) is 1. The van der Waals surface area contributed by atoms with E-state index >= 15 is 0 Å². The van der Waals surface area contributed by atoms with Gasteiger partial charge < -0.3 is 26.5 Å². The van der Waals surface area contributed by atoms with Crippen LogP contribution in [0.3, 0.4) is 0 Å². The van der Waals surface area contributed by atoms with Crippen molar-refractivity contribution in [3.8, 4) is 11.1 Å². The zero-order chi connectivity index (χ0) is 23.9. The quantitative estimate of drug-likeness (QED) is 0.217. The molecule has 5 N–H and O–H groups in total. The number of carbonyl (C=O) groups is 2. The average molecular weight is 463 g/mol. The van der Waals surface area contributed by atoms with Crippen LogP contribution in [0.5, 0.6) is 0 Å². The molecule has 9 nitrogen and oxygen atoms in total. The number of nitrogens with two attached hydrogens (primary N) is 1. The fourth-order valence-corrected chi connectivity index (χ4v) is 4.28. The van der Waals surface area contributed by atoms with Crippen molar-refractivity contribution in [1.29, 1.82) is 0 Å². The third-order valence-electron chi connectivity index (χ3n) is 6.10. The summed E-state index contributed by atoms with van der Waals surface area (Å²) in [7, 11) is 0. The number of nitrogens with zero attached hydrogens (tertiary/aromatic N) is 3. The molecule has 9 heteroatoms. The summed E-state index contributed by atoms with van der Waals surface area (Å²) in [5.41, 5.74) is 4.87. The summed E-state index contributed by atoms with van der Waals surface area (Å²) in [6.45, 7) is 2.07. The Kier molecular flexibility index (Phi) is 7.54. The van der Waals surface area contributed by atoms with Crippen molar-refractivity contribution >= 4 is 23.6 Å². The highest BCUT2D eigenvalue weighted by atomic mass is 16.3. The van der Waals surface area contributed by atoms with Gasteiger partial charge in [0.25, 0.3) is 5.91 Å². The molecule has 0 aliphatic carbocycles. The van der Waals surface area contributed by atoms with Crippen LogP contribution in [0.25, 0.3) is 17.2 Å². The molecule has 178 valence electrons. The first kappa shape index (κ1) is 23.4. The monoisotopic (exact) mass is 462 g/mol. The van der Waals surface area contributed by atoms with Gasteiger partial charge in [-0.25, -0.2) is 0 Å². The number of fused-ring (bicyclic) bond motifs is 1. The Balaban J connectivity index is 1.57. The van der Waals surface area contributed by atoms with E-state index < -0.39 is 6.17 Å². The molecule has 1 fully saturated rings. The first-order valence-corrected chi connectivity index (χ1v) is 11.6. The molecule has 0 bridgehead atoms. The maximum absolute atomic E-state index is 12.6. The number of carbonyl (C=O) groups excluding carboxylic acids is 2. The topological polar surface area (TPSA) is 132 Å². The third kappa shape index (κ3) is 5.43. The van der Waals surface area contributed by atoms with Gasteiger partial charge in [0, 0.05) is 49.5 Å². The van der Waals surface area contributed by atoms with Gasteiger partial charge in [0.05, 0.1) is 0 Å². The van der Waals surface area contributed by atoms with Gasteiger partial charge in [-0.3, -0.25) is 9.59 Å². The summed E-state index contributed by atoms with van der Waals surface area (Å²) < 4.78 is 0. The number of aliphatic hydroxyl groups is 1. The third-order valence-corrected chi connectivity index (χ3v) is 6.10. The van der Waals surface area contributed by atoms with Crippen LogP contribution >= 0.6 is 0 Å². The molecule has 0 radical (unpaired) electrons. The van der Waals surface area contributed by atoms with E-state index in [1.807, 2.05) is 53.4 Å². The Morgan fingerprint density at radius 2 is 1.85 bits per heavy atom. The Morgan fingerprint density at radius 3 is 2.56 bits per heavy atom. The molecule has 2 aliphatic rings. The van der Waals surface area contributed by atoms with E-state index in [2.05, 4.69) is 21.0 Å². The van der Waals surface area contributed by atoms with Crippen LogP contribution < -0.4 is 16.5 Å². The molecule has 0 spiro atoms. The minimum atomic E-state index is -0.489. The largest absolute Gasteiger partial charge is 0.396 e. The smallest absolute Gasteiger partial charge is 0.253 e. The van der Waals surface area contributed by atoms with E-state index in [0.29, 0.717) is 30.5 Å². The Hall–Kier alpha value is -3.72. The standard InChI is InChI=1S/C25H30N6O3/c26-30-29-23-16-21(24(33)27-10-3-13-32)14-20-9-8-19(15-22(20)28-23)17-4-6-18(7-5-17)25(34)31-11-1-2-12-31/h4-9,14-15,23,28,32H,1-3,10-13,16H2,(H2,26,29)(H,27,33). The van der Waals surface area contributed by atoms with Gasteiger partial charge in [0.1, 0.15) is 6.17 Å². The molecule has 1 atom stereocenters. The summed E-state index contributed by atoms with van der Waals surface area (Å²) >= 11 is 0. The molecule has 2 aromatic rings. The van der Waals surface area contributed by atoms with Crippen LogP contribution in [-0.4, -0.2) is 54.2 Å². The number of nitrogens with one attached hydrogen (secondary N) is 2. The second-order valence-electron chi connectivity index (χ2n) is 8.48. The van der Waals surface area contributed by atoms with Crippen LogP contribution in [0.2, 0.25) is 0 Å². The molecule has 2 aliphatic heterocycles. The van der Waals surface area contributed by atoms with E-state index in [1.165, 1.54) is 0 Å². The SMILES string of the molecule is NN=NC1CC(C(=O)NCCCO)=Cc2ccc(-c3ccc(C(=O)N4CCCC4)cc3)cc2N1. The highest BCUT2D eigenvalue weighted by molar-refractivity contribution is 5.99. The fraction of sp³-hybridized carbons (Fsp3) is 0.360.